The fourth-order valence-corrected chi connectivity index (χ4v) is 6.55. The number of amides is 3. The van der Waals surface area contributed by atoms with Gasteiger partial charge in [-0.15, -0.1) is 0 Å². The predicted molar refractivity (Wildman–Crippen MR) is 135 cm³/mol. The van der Waals surface area contributed by atoms with Crippen molar-refractivity contribution in [3.05, 3.63) is 36.0 Å². The van der Waals surface area contributed by atoms with E-state index in [1.54, 1.807) is 0 Å². The van der Waals surface area contributed by atoms with E-state index >= 15 is 0 Å². The number of anilines is 2. The lowest BCUT2D eigenvalue weighted by molar-refractivity contribution is -0.130. The molecule has 0 unspecified atom stereocenters. The molecule has 36 heavy (non-hydrogen) atoms. The fraction of sp³-hybridized carbons (Fsp3) is 0.522. The zero-order valence-electron chi connectivity index (χ0n) is 20.8. The first kappa shape index (κ1) is 27.9. The van der Waals surface area contributed by atoms with Gasteiger partial charge in [0, 0.05) is 45.0 Å². The summed E-state index contributed by atoms with van der Waals surface area (Å²) in [4.78, 5) is 34.2. The van der Waals surface area contributed by atoms with Gasteiger partial charge in [0.1, 0.15) is 0 Å². The first-order valence-electron chi connectivity index (χ1n) is 11.7. The number of rotatable bonds is 9. The van der Waals surface area contributed by atoms with Crippen molar-refractivity contribution in [2.24, 2.45) is 0 Å². The summed E-state index contributed by atoms with van der Waals surface area (Å²) in [6, 6.07) is 2.58. The summed E-state index contributed by atoms with van der Waals surface area (Å²) in [5.74, 6) is -2.39. The standard InChI is InChI=1S/C23H31F2N5O4S2/c1-5-29(6-2)20(31)15-27(3)36(33,34)21-14-26-22(35-21)28(4)23(32)30(16-9-7-8-10-16)17-11-12-18(24)19(25)13-17/h11-14,16H,5-10,15H2,1-4H3. The third-order valence-corrected chi connectivity index (χ3v) is 9.58. The number of nitrogens with zero attached hydrogens (tertiary/aromatic N) is 5. The first-order chi connectivity index (χ1) is 17.0. The number of carbonyl (C=O) groups is 2. The van der Waals surface area contributed by atoms with Crippen molar-refractivity contribution in [1.29, 1.82) is 0 Å². The number of hydrogen-bond acceptors (Lipinski definition) is 6. The molecule has 0 saturated heterocycles. The lowest BCUT2D eigenvalue weighted by Gasteiger charge is -2.32. The highest BCUT2D eigenvalue weighted by Gasteiger charge is 2.33. The van der Waals surface area contributed by atoms with Gasteiger partial charge in [0.05, 0.1) is 12.7 Å². The van der Waals surface area contributed by atoms with E-state index in [4.69, 9.17) is 0 Å². The fourth-order valence-electron chi connectivity index (χ4n) is 4.15. The monoisotopic (exact) mass is 543 g/mol. The van der Waals surface area contributed by atoms with Crippen LogP contribution in [0.1, 0.15) is 39.5 Å². The zero-order chi connectivity index (χ0) is 26.6. The van der Waals surface area contributed by atoms with Gasteiger partial charge in [0.25, 0.3) is 10.0 Å². The normalized spacial score (nSPS) is 14.3. The third kappa shape index (κ3) is 5.84. The second-order valence-corrected chi connectivity index (χ2v) is 11.8. The molecule has 13 heteroatoms. The van der Waals surface area contributed by atoms with Gasteiger partial charge in [-0.25, -0.2) is 27.0 Å². The molecule has 0 aliphatic heterocycles. The summed E-state index contributed by atoms with van der Waals surface area (Å²) in [6.07, 6.45) is 4.37. The summed E-state index contributed by atoms with van der Waals surface area (Å²) in [5, 5.41) is 0.118. The Bertz CT molecular complexity index is 1200. The molecule has 0 spiro atoms. The van der Waals surface area contributed by atoms with Crippen molar-refractivity contribution in [1.82, 2.24) is 14.2 Å². The highest BCUT2D eigenvalue weighted by molar-refractivity contribution is 7.91. The molecule has 1 aliphatic rings. The minimum Gasteiger partial charge on any atom is -0.342 e. The lowest BCUT2D eigenvalue weighted by atomic mass is 10.1. The van der Waals surface area contributed by atoms with Crippen LogP contribution in [0, 0.1) is 11.6 Å². The molecule has 0 bridgehead atoms. The van der Waals surface area contributed by atoms with E-state index in [1.165, 1.54) is 34.9 Å². The average molecular weight is 544 g/mol. The van der Waals surface area contributed by atoms with Crippen LogP contribution in [0.15, 0.2) is 28.6 Å². The van der Waals surface area contributed by atoms with E-state index in [0.717, 1.165) is 46.8 Å². The van der Waals surface area contributed by atoms with Crippen molar-refractivity contribution >= 4 is 44.1 Å². The highest BCUT2D eigenvalue weighted by Crippen LogP contribution is 2.33. The maximum atomic E-state index is 14.0. The van der Waals surface area contributed by atoms with E-state index in [9.17, 15) is 26.8 Å². The van der Waals surface area contributed by atoms with Crippen molar-refractivity contribution in [3.63, 3.8) is 0 Å². The Hall–Kier alpha value is -2.64. The average Bonchev–Trinajstić information content (AvgIpc) is 3.55. The van der Waals surface area contributed by atoms with Gasteiger partial charge in [0.15, 0.2) is 21.0 Å². The number of carbonyl (C=O) groups excluding carboxylic acids is 2. The molecule has 9 nitrogen and oxygen atoms in total. The van der Waals surface area contributed by atoms with Crippen molar-refractivity contribution < 1.29 is 26.8 Å². The number of likely N-dealkylation sites (N-methyl/N-ethyl adjacent to an activating group) is 2. The molecule has 0 radical (unpaired) electrons. The highest BCUT2D eigenvalue weighted by atomic mass is 32.2. The number of aromatic nitrogens is 1. The Morgan fingerprint density at radius 3 is 2.31 bits per heavy atom. The van der Waals surface area contributed by atoms with Crippen LogP contribution >= 0.6 is 11.3 Å². The molecule has 1 aliphatic carbocycles. The summed E-state index contributed by atoms with van der Waals surface area (Å²) >= 11 is 0.791. The molecule has 1 aromatic heterocycles. The molecule has 1 aromatic carbocycles. The summed E-state index contributed by atoms with van der Waals surface area (Å²) in [7, 11) is -1.26. The molecule has 3 amide bonds. The Balaban J connectivity index is 1.83. The van der Waals surface area contributed by atoms with Gasteiger partial charge in [-0.05, 0) is 38.8 Å². The molecule has 2 aromatic rings. The van der Waals surface area contributed by atoms with E-state index in [0.29, 0.717) is 25.9 Å². The molecule has 1 saturated carbocycles. The van der Waals surface area contributed by atoms with Gasteiger partial charge in [0.2, 0.25) is 5.91 Å². The first-order valence-corrected chi connectivity index (χ1v) is 14.0. The number of benzene rings is 1. The maximum Gasteiger partial charge on any atom is 0.330 e. The number of urea groups is 1. The van der Waals surface area contributed by atoms with E-state index in [1.807, 2.05) is 13.8 Å². The SMILES string of the molecule is CCN(CC)C(=O)CN(C)S(=O)(=O)c1cnc(N(C)C(=O)N(c2ccc(F)c(F)c2)C2CCCC2)s1. The lowest BCUT2D eigenvalue weighted by Crippen LogP contribution is -2.46. The van der Waals surface area contributed by atoms with Crippen molar-refractivity contribution in [2.75, 3.05) is 43.5 Å². The van der Waals surface area contributed by atoms with Gasteiger partial charge in [-0.2, -0.15) is 4.31 Å². The quantitative estimate of drug-likeness (QED) is 0.478. The number of thiazole rings is 1. The Labute approximate surface area is 214 Å². The largest absolute Gasteiger partial charge is 0.342 e. The van der Waals surface area contributed by atoms with Crippen LogP contribution in [-0.4, -0.2) is 74.3 Å². The second kappa shape index (κ2) is 11.6. The molecule has 1 fully saturated rings. The molecule has 1 heterocycles. The van der Waals surface area contributed by atoms with Crippen LogP contribution in [0.3, 0.4) is 0 Å². The Morgan fingerprint density at radius 2 is 1.72 bits per heavy atom. The van der Waals surface area contributed by atoms with Crippen LogP contribution in [0.25, 0.3) is 0 Å². The zero-order valence-corrected chi connectivity index (χ0v) is 22.4. The molecular weight excluding hydrogens is 512 g/mol. The predicted octanol–water partition coefficient (Wildman–Crippen LogP) is 3.92. The molecule has 198 valence electrons. The third-order valence-electron chi connectivity index (χ3n) is 6.26. The van der Waals surface area contributed by atoms with Gasteiger partial charge >= 0.3 is 6.03 Å². The molecule has 0 N–H and O–H groups in total. The minimum atomic E-state index is -4.02. The van der Waals surface area contributed by atoms with Gasteiger partial charge in [-0.3, -0.25) is 14.6 Å². The van der Waals surface area contributed by atoms with Crippen molar-refractivity contribution in [2.45, 2.75) is 49.8 Å². The van der Waals surface area contributed by atoms with Crippen LogP contribution < -0.4 is 9.80 Å². The van der Waals surface area contributed by atoms with Crippen LogP contribution in [0.2, 0.25) is 0 Å². The number of sulfonamides is 1. The smallest absolute Gasteiger partial charge is 0.330 e. The summed E-state index contributed by atoms with van der Waals surface area (Å²) < 4.78 is 54.4. The Morgan fingerprint density at radius 1 is 1.08 bits per heavy atom. The second-order valence-electron chi connectivity index (χ2n) is 8.54. The number of halogens is 2. The van der Waals surface area contributed by atoms with Gasteiger partial charge in [-0.1, -0.05) is 24.2 Å². The molecule has 0 atom stereocenters. The van der Waals surface area contributed by atoms with E-state index in [-0.39, 0.29) is 33.5 Å². The van der Waals surface area contributed by atoms with Crippen LogP contribution in [0.5, 0.6) is 0 Å². The van der Waals surface area contributed by atoms with Crippen LogP contribution in [0.4, 0.5) is 24.4 Å². The van der Waals surface area contributed by atoms with Gasteiger partial charge < -0.3 is 4.90 Å². The molecule has 3 rings (SSSR count). The molecular formula is C23H31F2N5O4S2. The topological polar surface area (TPSA) is 94.1 Å². The summed E-state index contributed by atoms with van der Waals surface area (Å²) in [5.41, 5.74) is 0.219. The minimum absolute atomic E-state index is 0.118. The summed E-state index contributed by atoms with van der Waals surface area (Å²) in [6.45, 7) is 4.24. The van der Waals surface area contributed by atoms with Crippen LogP contribution in [-0.2, 0) is 14.8 Å². The van der Waals surface area contributed by atoms with Crippen molar-refractivity contribution in [3.8, 4) is 0 Å². The Kier molecular flexibility index (Phi) is 9.01. The van der Waals surface area contributed by atoms with E-state index < -0.39 is 27.7 Å². The number of hydrogen-bond donors (Lipinski definition) is 0. The van der Waals surface area contributed by atoms with E-state index in [2.05, 4.69) is 4.98 Å². The maximum absolute atomic E-state index is 14.0.